The smallest absolute Gasteiger partial charge is 0.355 e. The number of allylic oxidation sites excluding steroid dienone is 2. The van der Waals surface area contributed by atoms with E-state index >= 15 is 0 Å². The van der Waals surface area contributed by atoms with E-state index < -0.39 is 27.6 Å². The fourth-order valence-electron chi connectivity index (χ4n) is 4.48. The number of primary sulfonamides is 1. The quantitative estimate of drug-likeness (QED) is 0.149. The van der Waals surface area contributed by atoms with Crippen LogP contribution in [0.4, 0.5) is 13.9 Å². The van der Waals surface area contributed by atoms with Crippen molar-refractivity contribution in [3.63, 3.8) is 0 Å². The van der Waals surface area contributed by atoms with E-state index in [9.17, 15) is 32.5 Å². The molecule has 4 aromatic rings. The van der Waals surface area contributed by atoms with E-state index in [1.54, 1.807) is 18.2 Å². The van der Waals surface area contributed by atoms with E-state index in [2.05, 4.69) is 10.3 Å². The molecule has 5 rings (SSSR count). The molecule has 0 unspecified atom stereocenters. The number of carbonyl (C=O) groups is 1. The van der Waals surface area contributed by atoms with Gasteiger partial charge in [-0.05, 0) is 84.3 Å². The first-order valence-corrected chi connectivity index (χ1v) is 15.3. The van der Waals surface area contributed by atoms with Crippen molar-refractivity contribution in [3.05, 3.63) is 112 Å². The second-order valence-electron chi connectivity index (χ2n) is 10.0. The SMILES string of the molecule is N=C(/C(Cc1ccc(S(N)(=O)=O)cc1)=C(/CC1CC1)Nc1nc(C(=O)O)cs1)c1cc(F)cc(-c2ccc(F)cc2)c1. The molecule has 1 saturated carbocycles. The number of nitrogens with one attached hydrogen (secondary N) is 2. The number of nitrogens with zero attached hydrogens (tertiary/aromatic N) is 1. The van der Waals surface area contributed by atoms with E-state index in [0.717, 1.165) is 24.2 Å². The zero-order chi connectivity index (χ0) is 30.0. The van der Waals surface area contributed by atoms with E-state index in [4.69, 9.17) is 5.14 Å². The van der Waals surface area contributed by atoms with Crippen molar-refractivity contribution >= 4 is 38.2 Å². The summed E-state index contributed by atoms with van der Waals surface area (Å²) in [5, 5.41) is 28.8. The first-order chi connectivity index (χ1) is 20.0. The highest BCUT2D eigenvalue weighted by atomic mass is 32.2. The van der Waals surface area contributed by atoms with Crippen molar-refractivity contribution in [2.75, 3.05) is 5.32 Å². The molecule has 1 heterocycles. The zero-order valence-electron chi connectivity index (χ0n) is 22.1. The molecule has 5 N–H and O–H groups in total. The molecule has 0 amide bonds. The Morgan fingerprint density at radius 1 is 1.02 bits per heavy atom. The Morgan fingerprint density at radius 3 is 2.31 bits per heavy atom. The summed E-state index contributed by atoms with van der Waals surface area (Å²) in [5.74, 6) is -1.81. The van der Waals surface area contributed by atoms with Crippen LogP contribution in [0.3, 0.4) is 0 Å². The lowest BCUT2D eigenvalue weighted by Crippen LogP contribution is -2.16. The van der Waals surface area contributed by atoms with E-state index in [-0.39, 0.29) is 28.3 Å². The van der Waals surface area contributed by atoms with Crippen LogP contribution >= 0.6 is 11.3 Å². The number of aromatic carboxylic acids is 1. The van der Waals surface area contributed by atoms with Gasteiger partial charge in [0, 0.05) is 28.6 Å². The van der Waals surface area contributed by atoms with E-state index in [0.29, 0.717) is 45.4 Å². The maximum absolute atomic E-state index is 14.9. The first kappa shape index (κ1) is 29.2. The van der Waals surface area contributed by atoms with Crippen LogP contribution < -0.4 is 10.5 Å². The van der Waals surface area contributed by atoms with Gasteiger partial charge in [0.2, 0.25) is 10.0 Å². The van der Waals surface area contributed by atoms with Crippen LogP contribution in [0.2, 0.25) is 0 Å². The largest absolute Gasteiger partial charge is 0.476 e. The van der Waals surface area contributed by atoms with Gasteiger partial charge in [-0.25, -0.2) is 32.1 Å². The predicted octanol–water partition coefficient (Wildman–Crippen LogP) is 6.21. The second-order valence-corrected chi connectivity index (χ2v) is 12.5. The van der Waals surface area contributed by atoms with E-state index in [1.807, 2.05) is 0 Å². The minimum atomic E-state index is -3.90. The Labute approximate surface area is 245 Å². The van der Waals surface area contributed by atoms with Crippen LogP contribution in [0.5, 0.6) is 0 Å². The summed E-state index contributed by atoms with van der Waals surface area (Å²) >= 11 is 1.11. The van der Waals surface area contributed by atoms with Gasteiger partial charge < -0.3 is 10.4 Å². The lowest BCUT2D eigenvalue weighted by molar-refractivity contribution is 0.0691. The Morgan fingerprint density at radius 2 is 1.71 bits per heavy atom. The third-order valence-electron chi connectivity index (χ3n) is 6.83. The third kappa shape index (κ3) is 7.14. The van der Waals surface area contributed by atoms with E-state index in [1.165, 1.54) is 53.9 Å². The number of rotatable bonds is 11. The third-order valence-corrected chi connectivity index (χ3v) is 8.52. The van der Waals surface area contributed by atoms with Gasteiger partial charge in [-0.2, -0.15) is 0 Å². The van der Waals surface area contributed by atoms with Crippen LogP contribution in [0.1, 0.15) is 40.9 Å². The van der Waals surface area contributed by atoms with Crippen LogP contribution in [0, 0.1) is 23.0 Å². The maximum Gasteiger partial charge on any atom is 0.355 e. The fourth-order valence-corrected chi connectivity index (χ4v) is 5.71. The number of hydrogen-bond donors (Lipinski definition) is 4. The highest BCUT2D eigenvalue weighted by Crippen LogP contribution is 2.38. The topological polar surface area (TPSA) is 146 Å². The molecule has 12 heteroatoms. The monoisotopic (exact) mass is 608 g/mol. The van der Waals surface area contributed by atoms with Gasteiger partial charge in [-0.3, -0.25) is 5.41 Å². The zero-order valence-corrected chi connectivity index (χ0v) is 23.7. The molecule has 1 aliphatic rings. The normalized spacial score (nSPS) is 13.9. The summed E-state index contributed by atoms with van der Waals surface area (Å²) in [6.07, 6.45) is 2.71. The molecule has 42 heavy (non-hydrogen) atoms. The van der Waals surface area contributed by atoms with Crippen LogP contribution in [0.15, 0.2) is 88.3 Å². The summed E-state index contributed by atoms with van der Waals surface area (Å²) in [4.78, 5) is 15.5. The Bertz CT molecular complexity index is 1800. The van der Waals surface area contributed by atoms with Crippen molar-refractivity contribution in [1.29, 1.82) is 5.41 Å². The molecule has 1 aromatic heterocycles. The number of carboxylic acid groups (broad SMARTS) is 1. The Kier molecular flexibility index (Phi) is 8.30. The van der Waals surface area contributed by atoms with Crippen molar-refractivity contribution in [3.8, 4) is 11.1 Å². The van der Waals surface area contributed by atoms with Gasteiger partial charge >= 0.3 is 5.97 Å². The molecular formula is C30H26F2N4O4S2. The lowest BCUT2D eigenvalue weighted by Gasteiger charge is -2.19. The summed E-state index contributed by atoms with van der Waals surface area (Å²) in [5.41, 5.74) is 3.06. The summed E-state index contributed by atoms with van der Waals surface area (Å²) in [7, 11) is -3.90. The fraction of sp³-hybridized carbons (Fsp3) is 0.167. The average Bonchev–Trinajstić information content (AvgIpc) is 3.64. The number of hydrogen-bond acceptors (Lipinski definition) is 7. The molecule has 1 fully saturated rings. The van der Waals surface area contributed by atoms with Gasteiger partial charge in [0.15, 0.2) is 10.8 Å². The molecule has 0 aliphatic heterocycles. The number of anilines is 1. The number of carboxylic acids is 1. The molecule has 0 bridgehead atoms. The number of nitrogens with two attached hydrogens (primary N) is 1. The molecule has 0 atom stereocenters. The van der Waals surface area contributed by atoms with Gasteiger partial charge in [0.1, 0.15) is 11.6 Å². The first-order valence-electron chi connectivity index (χ1n) is 12.9. The lowest BCUT2D eigenvalue weighted by atomic mass is 9.91. The van der Waals surface area contributed by atoms with Crippen molar-refractivity contribution < 1.29 is 27.1 Å². The number of sulfonamides is 1. The highest BCUT2D eigenvalue weighted by Gasteiger charge is 2.27. The van der Waals surface area contributed by atoms with Gasteiger partial charge in [0.05, 0.1) is 10.6 Å². The van der Waals surface area contributed by atoms with Crippen molar-refractivity contribution in [2.45, 2.75) is 30.6 Å². The van der Waals surface area contributed by atoms with Crippen molar-refractivity contribution in [2.24, 2.45) is 11.1 Å². The molecule has 216 valence electrons. The summed E-state index contributed by atoms with van der Waals surface area (Å²) in [6, 6.07) is 15.8. The maximum atomic E-state index is 14.9. The molecule has 8 nitrogen and oxygen atoms in total. The molecule has 0 spiro atoms. The molecule has 3 aromatic carbocycles. The number of aromatic nitrogens is 1. The number of benzene rings is 3. The minimum Gasteiger partial charge on any atom is -0.476 e. The Balaban J connectivity index is 1.60. The van der Waals surface area contributed by atoms with Crippen LogP contribution in [0.25, 0.3) is 11.1 Å². The summed E-state index contributed by atoms with van der Waals surface area (Å²) in [6.45, 7) is 0. The van der Waals surface area contributed by atoms with Gasteiger partial charge in [-0.1, -0.05) is 24.3 Å². The predicted molar refractivity (Wildman–Crippen MR) is 157 cm³/mol. The highest BCUT2D eigenvalue weighted by molar-refractivity contribution is 7.89. The average molecular weight is 609 g/mol. The second kappa shape index (κ2) is 11.9. The molecular weight excluding hydrogens is 582 g/mol. The standard InChI is InChI=1S/C30H26F2N4O4S2/c31-22-7-5-19(6-8-22)20-13-21(15-23(32)14-20)28(33)25(11-17-3-9-24(10-4-17)42(34,39)40)26(12-18-1-2-18)35-30-36-27(16-41-30)29(37)38/h3-10,13-16,18,33H,1-2,11-12H2,(H,35,36)(H,37,38)(H2,34,39,40)/b26-25-,33-28?. The molecule has 0 radical (unpaired) electrons. The van der Waals surface area contributed by atoms with Crippen LogP contribution in [-0.2, 0) is 16.4 Å². The van der Waals surface area contributed by atoms with Gasteiger partial charge in [0.25, 0.3) is 0 Å². The number of thiazole rings is 1. The summed E-state index contributed by atoms with van der Waals surface area (Å²) < 4.78 is 52.0. The van der Waals surface area contributed by atoms with Crippen LogP contribution in [-0.4, -0.2) is 30.2 Å². The molecule has 0 saturated heterocycles. The molecule has 1 aliphatic carbocycles. The minimum absolute atomic E-state index is 0.0200. The number of halogens is 2. The van der Waals surface area contributed by atoms with Crippen molar-refractivity contribution in [1.82, 2.24) is 4.98 Å². The van der Waals surface area contributed by atoms with Gasteiger partial charge in [-0.15, -0.1) is 11.3 Å². The Hall–Kier alpha value is -4.26.